The summed E-state index contributed by atoms with van der Waals surface area (Å²) in [6, 6.07) is 39.9. The number of fused-ring (bicyclic) bond motifs is 6. The first-order valence-corrected chi connectivity index (χ1v) is 16.3. The zero-order chi connectivity index (χ0) is 35.7. The summed E-state index contributed by atoms with van der Waals surface area (Å²) in [5, 5.41) is 21.7. The largest absolute Gasteiger partial charge is 0.307 e. The number of nitriles is 2. The molecule has 9 rings (SSSR count). The Kier molecular flexibility index (Phi) is 6.96. The van der Waals surface area contributed by atoms with Crippen molar-refractivity contribution in [2.75, 3.05) is 0 Å². The van der Waals surface area contributed by atoms with Crippen LogP contribution in [-0.4, -0.2) is 9.13 Å². The Labute approximate surface area is 293 Å². The van der Waals surface area contributed by atoms with E-state index in [1.54, 1.807) is 60.7 Å². The van der Waals surface area contributed by atoms with Crippen molar-refractivity contribution in [3.8, 4) is 45.8 Å². The van der Waals surface area contributed by atoms with Crippen LogP contribution in [0.25, 0.3) is 77.2 Å². The standard InChI is InChI=1S/C44H22F4N4/c45-29-7-13-39-35(19-29)36-20-30(46)8-14-40(36)51(39)43-33(27-5-1-3-25(17-27)23-49)11-12-34(28-6-2-4-26(18-28)24-50)44(43)52-41-15-9-31(47)21-37(41)38-22-32(48)10-16-42(38)52/h1-22H. The molecule has 0 fully saturated rings. The van der Waals surface area contributed by atoms with Crippen molar-refractivity contribution in [3.63, 3.8) is 0 Å². The molecule has 2 aromatic heterocycles. The Balaban J connectivity index is 1.58. The molecule has 0 N–H and O–H groups in total. The van der Waals surface area contributed by atoms with Gasteiger partial charge in [-0.05, 0) is 108 Å². The van der Waals surface area contributed by atoms with E-state index in [0.29, 0.717) is 88.4 Å². The minimum Gasteiger partial charge on any atom is -0.307 e. The summed E-state index contributed by atoms with van der Waals surface area (Å²) in [6.45, 7) is 0. The predicted molar refractivity (Wildman–Crippen MR) is 195 cm³/mol. The lowest BCUT2D eigenvalue weighted by molar-refractivity contribution is 0.628. The molecule has 8 heteroatoms. The molecule has 0 radical (unpaired) electrons. The monoisotopic (exact) mass is 682 g/mol. The average Bonchev–Trinajstić information content (AvgIpc) is 3.64. The molecule has 0 aliphatic heterocycles. The van der Waals surface area contributed by atoms with Crippen LogP contribution in [0.15, 0.2) is 133 Å². The Morgan fingerprint density at radius 1 is 0.385 bits per heavy atom. The minimum absolute atomic E-state index is 0.421. The van der Waals surface area contributed by atoms with E-state index in [0.717, 1.165) is 0 Å². The minimum atomic E-state index is -0.494. The molecule has 0 spiro atoms. The molecule has 0 bridgehead atoms. The molecule has 52 heavy (non-hydrogen) atoms. The van der Waals surface area contributed by atoms with Crippen molar-refractivity contribution in [1.29, 1.82) is 10.5 Å². The van der Waals surface area contributed by atoms with Crippen LogP contribution in [0.2, 0.25) is 0 Å². The smallest absolute Gasteiger partial charge is 0.123 e. The van der Waals surface area contributed by atoms with Gasteiger partial charge in [0.05, 0.1) is 56.7 Å². The van der Waals surface area contributed by atoms with E-state index in [1.165, 1.54) is 48.5 Å². The number of benzene rings is 7. The Morgan fingerprint density at radius 3 is 1.02 bits per heavy atom. The summed E-state index contributed by atoms with van der Waals surface area (Å²) in [5.41, 5.74) is 6.97. The highest BCUT2D eigenvalue weighted by atomic mass is 19.1. The van der Waals surface area contributed by atoms with E-state index >= 15 is 0 Å². The first kappa shape index (κ1) is 30.9. The highest BCUT2D eigenvalue weighted by Crippen LogP contribution is 2.46. The van der Waals surface area contributed by atoms with Gasteiger partial charge in [0.15, 0.2) is 0 Å². The zero-order valence-electron chi connectivity index (χ0n) is 27.0. The average molecular weight is 683 g/mol. The van der Waals surface area contributed by atoms with Crippen LogP contribution in [0.1, 0.15) is 11.1 Å². The quantitative estimate of drug-likeness (QED) is 0.174. The molecule has 7 aromatic carbocycles. The van der Waals surface area contributed by atoms with E-state index in [-0.39, 0.29) is 0 Å². The second-order valence-corrected chi connectivity index (χ2v) is 12.6. The highest BCUT2D eigenvalue weighted by molar-refractivity contribution is 6.13. The van der Waals surface area contributed by atoms with Gasteiger partial charge in [-0.1, -0.05) is 36.4 Å². The molecule has 0 saturated carbocycles. The molecule has 0 amide bonds. The van der Waals surface area contributed by atoms with Crippen molar-refractivity contribution in [1.82, 2.24) is 9.13 Å². The van der Waals surface area contributed by atoms with E-state index in [9.17, 15) is 28.1 Å². The van der Waals surface area contributed by atoms with Crippen molar-refractivity contribution in [2.24, 2.45) is 0 Å². The topological polar surface area (TPSA) is 57.4 Å². The molecule has 9 aromatic rings. The summed E-state index contributed by atoms with van der Waals surface area (Å²) >= 11 is 0. The van der Waals surface area contributed by atoms with Crippen LogP contribution >= 0.6 is 0 Å². The third kappa shape index (κ3) is 4.74. The molecule has 4 nitrogen and oxygen atoms in total. The first-order valence-electron chi connectivity index (χ1n) is 16.3. The molecular weight excluding hydrogens is 661 g/mol. The van der Waals surface area contributed by atoms with Gasteiger partial charge in [-0.2, -0.15) is 10.5 Å². The maximum Gasteiger partial charge on any atom is 0.123 e. The summed E-state index contributed by atoms with van der Waals surface area (Å²) in [6.07, 6.45) is 0. The van der Waals surface area contributed by atoms with Crippen molar-refractivity contribution in [2.45, 2.75) is 0 Å². The van der Waals surface area contributed by atoms with Crippen LogP contribution in [0.3, 0.4) is 0 Å². The fraction of sp³-hybridized carbons (Fsp3) is 0. The molecule has 2 heterocycles. The maximum absolute atomic E-state index is 15.0. The summed E-state index contributed by atoms with van der Waals surface area (Å²) in [7, 11) is 0. The SMILES string of the molecule is N#Cc1cccc(-c2ccc(-c3cccc(C#N)c3)c(-n3c4ccc(F)cc4c4cc(F)ccc43)c2-n2c3ccc(F)cc3c3cc(F)ccc32)c1. The Bertz CT molecular complexity index is 2720. The van der Waals surface area contributed by atoms with Gasteiger partial charge in [-0.25, -0.2) is 17.6 Å². The third-order valence-corrected chi connectivity index (χ3v) is 9.58. The number of aromatic nitrogens is 2. The summed E-state index contributed by atoms with van der Waals surface area (Å²) in [5.74, 6) is -1.98. The Hall–Kier alpha value is -7.16. The highest BCUT2D eigenvalue weighted by Gasteiger charge is 2.26. The molecular formula is C44H22F4N4. The number of rotatable bonds is 4. The van der Waals surface area contributed by atoms with Crippen LogP contribution in [0.5, 0.6) is 0 Å². The van der Waals surface area contributed by atoms with Gasteiger partial charge < -0.3 is 9.13 Å². The van der Waals surface area contributed by atoms with Crippen LogP contribution in [0, 0.1) is 45.9 Å². The first-order chi connectivity index (χ1) is 25.3. The lowest BCUT2D eigenvalue weighted by Gasteiger charge is -2.24. The van der Waals surface area contributed by atoms with E-state index in [4.69, 9.17) is 0 Å². The van der Waals surface area contributed by atoms with Gasteiger partial charge in [0.25, 0.3) is 0 Å². The molecule has 246 valence electrons. The fourth-order valence-electron chi connectivity index (χ4n) is 7.43. The zero-order valence-corrected chi connectivity index (χ0v) is 27.0. The number of hydrogen-bond acceptors (Lipinski definition) is 2. The van der Waals surface area contributed by atoms with Crippen LogP contribution in [-0.2, 0) is 0 Å². The normalized spacial score (nSPS) is 11.4. The number of halogens is 4. The van der Waals surface area contributed by atoms with Crippen molar-refractivity contribution < 1.29 is 17.6 Å². The predicted octanol–water partition coefficient (Wildman–Crippen LogP) is 11.5. The Morgan fingerprint density at radius 2 is 0.712 bits per heavy atom. The second-order valence-electron chi connectivity index (χ2n) is 12.6. The number of hydrogen-bond donors (Lipinski definition) is 0. The number of nitrogens with zero attached hydrogens (tertiary/aromatic N) is 4. The van der Waals surface area contributed by atoms with E-state index in [1.807, 2.05) is 33.4 Å². The molecule has 0 saturated heterocycles. The lowest BCUT2D eigenvalue weighted by Crippen LogP contribution is -2.08. The van der Waals surface area contributed by atoms with E-state index in [2.05, 4.69) is 12.1 Å². The fourth-order valence-corrected chi connectivity index (χ4v) is 7.43. The van der Waals surface area contributed by atoms with Gasteiger partial charge in [0.1, 0.15) is 23.3 Å². The van der Waals surface area contributed by atoms with Gasteiger partial charge in [0, 0.05) is 32.7 Å². The van der Waals surface area contributed by atoms with Crippen molar-refractivity contribution in [3.05, 3.63) is 168 Å². The van der Waals surface area contributed by atoms with Gasteiger partial charge in [-0.3, -0.25) is 0 Å². The maximum atomic E-state index is 15.0. The van der Waals surface area contributed by atoms with E-state index < -0.39 is 23.3 Å². The van der Waals surface area contributed by atoms with Gasteiger partial charge >= 0.3 is 0 Å². The van der Waals surface area contributed by atoms with Crippen LogP contribution in [0.4, 0.5) is 17.6 Å². The third-order valence-electron chi connectivity index (χ3n) is 9.58. The van der Waals surface area contributed by atoms with Gasteiger partial charge in [-0.15, -0.1) is 0 Å². The molecule has 0 unspecified atom stereocenters. The van der Waals surface area contributed by atoms with Crippen molar-refractivity contribution >= 4 is 43.6 Å². The van der Waals surface area contributed by atoms with Gasteiger partial charge in [0.2, 0.25) is 0 Å². The summed E-state index contributed by atoms with van der Waals surface area (Å²) < 4.78 is 63.7. The lowest BCUT2D eigenvalue weighted by atomic mass is 9.93. The molecule has 0 aliphatic rings. The summed E-state index contributed by atoms with van der Waals surface area (Å²) in [4.78, 5) is 0. The molecule has 0 atom stereocenters. The molecule has 0 aliphatic carbocycles. The second kappa shape index (κ2) is 11.7. The van der Waals surface area contributed by atoms with Crippen LogP contribution < -0.4 is 0 Å².